The quantitative estimate of drug-likeness (QED) is 0.599. The molecule has 4 aliphatic heterocycles. The number of ether oxygens (including phenoxy) is 3. The highest BCUT2D eigenvalue weighted by atomic mass is 19.4. The molecule has 0 aromatic heterocycles. The number of rotatable bonds is 2. The summed E-state index contributed by atoms with van der Waals surface area (Å²) in [6, 6.07) is 4.70. The lowest BCUT2D eigenvalue weighted by Gasteiger charge is -2.60. The Labute approximate surface area is 173 Å². The number of hydrogen-bond acceptors (Lipinski definition) is 5. The van der Waals surface area contributed by atoms with E-state index in [4.69, 9.17) is 24.0 Å². The second-order valence-corrected chi connectivity index (χ2v) is 9.41. The van der Waals surface area contributed by atoms with E-state index in [1.54, 1.807) is 0 Å². The van der Waals surface area contributed by atoms with Gasteiger partial charge in [-0.15, -0.1) is 0 Å². The molecule has 4 heterocycles. The summed E-state index contributed by atoms with van der Waals surface area (Å²) in [6.45, 7) is 6.13. The van der Waals surface area contributed by atoms with Crippen LogP contribution in [0.3, 0.4) is 0 Å². The van der Waals surface area contributed by atoms with Crippen molar-refractivity contribution in [1.29, 1.82) is 0 Å². The van der Waals surface area contributed by atoms with E-state index in [0.29, 0.717) is 11.7 Å². The van der Waals surface area contributed by atoms with E-state index >= 15 is 0 Å². The molecule has 0 amide bonds. The molecule has 1 aromatic carbocycles. The molecule has 1 aliphatic carbocycles. The van der Waals surface area contributed by atoms with Crippen molar-refractivity contribution in [2.45, 2.75) is 76.6 Å². The molecular weight excluding hydrogens is 401 g/mol. The normalized spacial score (nSPS) is 45.5. The van der Waals surface area contributed by atoms with Crippen molar-refractivity contribution in [3.63, 3.8) is 0 Å². The third-order valence-electron chi connectivity index (χ3n) is 7.53. The predicted octanol–water partition coefficient (Wildman–Crippen LogP) is 5.29. The van der Waals surface area contributed by atoms with E-state index in [1.807, 2.05) is 13.8 Å². The molecule has 5 fully saturated rings. The van der Waals surface area contributed by atoms with Crippen LogP contribution in [-0.4, -0.2) is 24.0 Å². The van der Waals surface area contributed by atoms with Gasteiger partial charge in [0.25, 0.3) is 0 Å². The zero-order chi connectivity index (χ0) is 21.3. The van der Waals surface area contributed by atoms with Gasteiger partial charge in [-0.1, -0.05) is 13.8 Å². The van der Waals surface area contributed by atoms with Gasteiger partial charge in [-0.05, 0) is 62.3 Å². The lowest BCUT2D eigenvalue weighted by molar-refractivity contribution is -0.575. The van der Waals surface area contributed by atoms with Crippen LogP contribution >= 0.6 is 0 Å². The minimum Gasteiger partial charge on any atom is -0.465 e. The summed E-state index contributed by atoms with van der Waals surface area (Å²) in [4.78, 5) is 11.9. The maximum atomic E-state index is 12.8. The van der Waals surface area contributed by atoms with E-state index in [1.165, 1.54) is 12.1 Å². The summed E-state index contributed by atoms with van der Waals surface area (Å²) in [7, 11) is 0. The average molecular weight is 428 g/mol. The first-order valence-corrected chi connectivity index (χ1v) is 10.7. The summed E-state index contributed by atoms with van der Waals surface area (Å²) in [5.41, 5.74) is -1.40. The van der Waals surface area contributed by atoms with Gasteiger partial charge in [-0.25, -0.2) is 9.78 Å². The summed E-state index contributed by atoms with van der Waals surface area (Å²) in [5.74, 6) is 0.211. The first-order valence-electron chi connectivity index (χ1n) is 10.7. The van der Waals surface area contributed by atoms with Crippen LogP contribution in [0.1, 0.15) is 52.0 Å². The molecule has 4 saturated heterocycles. The van der Waals surface area contributed by atoms with Gasteiger partial charge >= 0.3 is 6.18 Å². The second-order valence-electron chi connectivity index (χ2n) is 9.41. The maximum absolute atomic E-state index is 12.8. The monoisotopic (exact) mass is 428 g/mol. The fraction of sp³-hybridized carbons (Fsp3) is 0.727. The molecule has 166 valence electrons. The van der Waals surface area contributed by atoms with Crippen LogP contribution in [0.15, 0.2) is 24.3 Å². The molecule has 5 aliphatic rings. The molecule has 2 bridgehead atoms. The Balaban J connectivity index is 1.43. The van der Waals surface area contributed by atoms with Gasteiger partial charge in [0, 0.05) is 18.3 Å². The lowest BCUT2D eigenvalue weighted by atomic mass is 9.58. The van der Waals surface area contributed by atoms with Gasteiger partial charge in [-0.2, -0.15) is 13.2 Å². The molecule has 5 nitrogen and oxygen atoms in total. The Kier molecular flexibility index (Phi) is 4.67. The zero-order valence-corrected chi connectivity index (χ0v) is 17.3. The topological polar surface area (TPSA) is 46.2 Å². The van der Waals surface area contributed by atoms with E-state index in [-0.39, 0.29) is 17.8 Å². The minimum absolute atomic E-state index is 0.0480. The Morgan fingerprint density at radius 1 is 1.00 bits per heavy atom. The van der Waals surface area contributed by atoms with E-state index < -0.39 is 35.7 Å². The summed E-state index contributed by atoms with van der Waals surface area (Å²) < 4.78 is 57.1. The SMILES string of the molecule is C[C@@H]1CC[C@H]2[C@@H](C)C(Oc3ccc(C(F)(F)F)cc3)O[C@@H]3O[C@@]4(C)CC[C@@H]1[C@]32OO4. The van der Waals surface area contributed by atoms with Crippen LogP contribution in [0.4, 0.5) is 13.2 Å². The van der Waals surface area contributed by atoms with E-state index in [0.717, 1.165) is 37.8 Å². The standard InChI is InChI=1S/C22H27F3O5/c1-12-4-9-17-13(2)18(26-15-7-5-14(6-8-15)22(23,24)25)27-19-21(17)16(12)10-11-20(3,28-19)29-30-21/h5-8,12-13,16-19H,4,9-11H2,1-3H3/t12-,13-,16+,17+,18?,19-,20-,21-/m1/s1. The number of alkyl halides is 3. The van der Waals surface area contributed by atoms with Crippen molar-refractivity contribution in [2.75, 3.05) is 0 Å². The van der Waals surface area contributed by atoms with Gasteiger partial charge in [0.2, 0.25) is 12.1 Å². The van der Waals surface area contributed by atoms with Crippen LogP contribution in [0.5, 0.6) is 5.75 Å². The van der Waals surface area contributed by atoms with Gasteiger partial charge in [0.1, 0.15) is 5.75 Å². The van der Waals surface area contributed by atoms with E-state index in [2.05, 4.69) is 6.92 Å². The van der Waals surface area contributed by atoms with Crippen molar-refractivity contribution in [1.82, 2.24) is 0 Å². The first-order chi connectivity index (χ1) is 14.1. The number of halogens is 3. The average Bonchev–Trinajstić information content (AvgIpc) is 2.92. The summed E-state index contributed by atoms with van der Waals surface area (Å²) >= 11 is 0. The van der Waals surface area contributed by atoms with Crippen molar-refractivity contribution in [2.24, 2.45) is 23.7 Å². The first kappa shape index (κ1) is 20.5. The predicted molar refractivity (Wildman–Crippen MR) is 98.9 cm³/mol. The summed E-state index contributed by atoms with van der Waals surface area (Å²) in [5, 5.41) is 0. The molecule has 8 heteroatoms. The smallest absolute Gasteiger partial charge is 0.416 e. The minimum atomic E-state index is -4.38. The van der Waals surface area contributed by atoms with Crippen molar-refractivity contribution < 1.29 is 37.2 Å². The van der Waals surface area contributed by atoms with Crippen molar-refractivity contribution >= 4 is 0 Å². The second kappa shape index (κ2) is 6.82. The highest BCUT2D eigenvalue weighted by molar-refractivity contribution is 5.29. The Bertz CT molecular complexity index is 799. The fourth-order valence-corrected chi connectivity index (χ4v) is 5.86. The van der Waals surface area contributed by atoms with Gasteiger partial charge in [-0.3, -0.25) is 0 Å². The van der Waals surface area contributed by atoms with Crippen LogP contribution in [-0.2, 0) is 25.4 Å². The molecule has 1 saturated carbocycles. The van der Waals surface area contributed by atoms with Gasteiger partial charge < -0.3 is 14.2 Å². The Morgan fingerprint density at radius 2 is 1.73 bits per heavy atom. The van der Waals surface area contributed by atoms with Crippen LogP contribution < -0.4 is 4.74 Å². The third-order valence-corrected chi connectivity index (χ3v) is 7.53. The Hall–Kier alpha value is -1.35. The molecule has 0 radical (unpaired) electrons. The molecule has 0 N–H and O–H groups in total. The molecular formula is C22H27F3O5. The van der Waals surface area contributed by atoms with Crippen LogP contribution in [0.2, 0.25) is 0 Å². The largest absolute Gasteiger partial charge is 0.465 e. The Morgan fingerprint density at radius 3 is 2.43 bits per heavy atom. The van der Waals surface area contributed by atoms with Gasteiger partial charge in [0.15, 0.2) is 11.9 Å². The van der Waals surface area contributed by atoms with Crippen molar-refractivity contribution in [3.8, 4) is 5.75 Å². The van der Waals surface area contributed by atoms with Gasteiger partial charge in [0.05, 0.1) is 5.56 Å². The highest BCUT2D eigenvalue weighted by Crippen LogP contribution is 2.60. The molecule has 1 unspecified atom stereocenters. The lowest BCUT2D eigenvalue weighted by Crippen LogP contribution is -2.70. The molecule has 1 spiro atoms. The zero-order valence-electron chi connectivity index (χ0n) is 17.3. The number of benzene rings is 1. The molecule has 1 aromatic rings. The number of fused-ring (bicyclic) bond motifs is 2. The van der Waals surface area contributed by atoms with E-state index in [9.17, 15) is 13.2 Å². The van der Waals surface area contributed by atoms with Crippen LogP contribution in [0.25, 0.3) is 0 Å². The van der Waals surface area contributed by atoms with Crippen LogP contribution in [0, 0.1) is 23.7 Å². The highest BCUT2D eigenvalue weighted by Gasteiger charge is 2.69. The molecule has 6 rings (SSSR count). The molecule has 8 atom stereocenters. The van der Waals surface area contributed by atoms with Crippen molar-refractivity contribution in [3.05, 3.63) is 29.8 Å². The number of hydrogen-bond donors (Lipinski definition) is 0. The fourth-order valence-electron chi connectivity index (χ4n) is 5.86. The maximum Gasteiger partial charge on any atom is 0.416 e. The molecule has 30 heavy (non-hydrogen) atoms. The summed E-state index contributed by atoms with van der Waals surface area (Å²) in [6.07, 6.45) is -2.03. The third kappa shape index (κ3) is 3.06.